The highest BCUT2D eigenvalue weighted by Gasteiger charge is 2.24. The Hall–Kier alpha value is -2.06. The summed E-state index contributed by atoms with van der Waals surface area (Å²) in [6, 6.07) is 14.2. The summed E-state index contributed by atoms with van der Waals surface area (Å²) < 4.78 is 2.14. The van der Waals surface area contributed by atoms with Crippen LogP contribution in [-0.4, -0.2) is 48.0 Å². The minimum absolute atomic E-state index is 0. The van der Waals surface area contributed by atoms with Crippen molar-refractivity contribution in [2.24, 2.45) is 0 Å². The van der Waals surface area contributed by atoms with E-state index in [1.54, 1.807) is 16.2 Å². The largest absolute Gasteiger partial charge is 0.308 e. The quantitative estimate of drug-likeness (QED) is 0.413. The molecule has 0 aliphatic rings. The normalized spacial score (nSPS) is 11.2. The number of likely N-dealkylation sites (N-methyl/N-ethyl adjacent to an activating group) is 1. The maximum Gasteiger partial charge on any atom is 0.289 e. The van der Waals surface area contributed by atoms with Crippen LogP contribution in [0.2, 0.25) is 0 Å². The summed E-state index contributed by atoms with van der Waals surface area (Å²) in [5.74, 6) is -0.0854. The number of thiazole rings is 2. The predicted molar refractivity (Wildman–Crippen MR) is 126 cm³/mol. The lowest BCUT2D eigenvalue weighted by atomic mass is 10.2. The fourth-order valence-corrected chi connectivity index (χ4v) is 4.92. The molecule has 0 spiro atoms. The molecule has 5 nitrogen and oxygen atoms in total. The highest BCUT2D eigenvalue weighted by atomic mass is 35.5. The first-order valence-electron chi connectivity index (χ1n) is 9.27. The van der Waals surface area contributed by atoms with Gasteiger partial charge in [-0.05, 0) is 50.3 Å². The number of fused-ring (bicyclic) bond motifs is 2. The third-order valence-corrected chi connectivity index (χ3v) is 6.64. The minimum atomic E-state index is -0.0854. The number of para-hydroxylation sites is 1. The number of carbonyl (C=O) groups is 1. The van der Waals surface area contributed by atoms with E-state index in [4.69, 9.17) is 4.98 Å². The van der Waals surface area contributed by atoms with E-state index in [9.17, 15) is 4.79 Å². The molecule has 1 amide bonds. The molecule has 4 rings (SSSR count). The zero-order chi connectivity index (χ0) is 19.7. The predicted octanol–water partition coefficient (Wildman–Crippen LogP) is 5.10. The second-order valence-electron chi connectivity index (χ2n) is 6.90. The number of carbonyl (C=O) groups excluding carboxylic acids is 1. The van der Waals surface area contributed by atoms with Gasteiger partial charge in [-0.1, -0.05) is 36.5 Å². The second-order valence-corrected chi connectivity index (χ2v) is 8.94. The van der Waals surface area contributed by atoms with E-state index in [2.05, 4.69) is 28.9 Å². The van der Waals surface area contributed by atoms with Crippen molar-refractivity contribution in [3.63, 3.8) is 0 Å². The van der Waals surface area contributed by atoms with Crippen LogP contribution in [0.25, 0.3) is 20.4 Å². The molecule has 0 fully saturated rings. The van der Waals surface area contributed by atoms with Gasteiger partial charge in [-0.3, -0.25) is 9.69 Å². The number of benzene rings is 2. The molecule has 0 aliphatic heterocycles. The summed E-state index contributed by atoms with van der Waals surface area (Å²) in [6.07, 6.45) is 0.984. The van der Waals surface area contributed by atoms with Crippen LogP contribution in [0.4, 0.5) is 5.13 Å². The van der Waals surface area contributed by atoms with Crippen LogP contribution in [0.1, 0.15) is 22.3 Å². The van der Waals surface area contributed by atoms with Crippen molar-refractivity contribution in [2.45, 2.75) is 13.3 Å². The van der Waals surface area contributed by atoms with Gasteiger partial charge in [-0.2, -0.15) is 0 Å². The zero-order valence-corrected chi connectivity index (χ0v) is 19.0. The number of nitrogens with zero attached hydrogens (tertiary/aromatic N) is 4. The Bertz CT molecular complexity index is 1110. The molecule has 0 saturated carbocycles. The molecule has 152 valence electrons. The summed E-state index contributed by atoms with van der Waals surface area (Å²) in [6.45, 7) is 3.47. The molecule has 2 aromatic carbocycles. The van der Waals surface area contributed by atoms with E-state index in [1.165, 1.54) is 16.9 Å². The third-order valence-electron chi connectivity index (χ3n) is 4.57. The molecule has 4 aromatic rings. The minimum Gasteiger partial charge on any atom is -0.308 e. The first kappa shape index (κ1) is 21.6. The molecule has 0 radical (unpaired) electrons. The van der Waals surface area contributed by atoms with Crippen molar-refractivity contribution in [3.8, 4) is 0 Å². The van der Waals surface area contributed by atoms with Crippen molar-refractivity contribution in [3.05, 3.63) is 53.0 Å². The summed E-state index contributed by atoms with van der Waals surface area (Å²) in [5.41, 5.74) is 3.07. The van der Waals surface area contributed by atoms with Gasteiger partial charge in [0.25, 0.3) is 5.91 Å². The number of aryl methyl sites for hydroxylation is 1. The van der Waals surface area contributed by atoms with Gasteiger partial charge in [0, 0.05) is 13.1 Å². The Labute approximate surface area is 184 Å². The van der Waals surface area contributed by atoms with Crippen molar-refractivity contribution < 1.29 is 4.79 Å². The van der Waals surface area contributed by atoms with Crippen molar-refractivity contribution >= 4 is 66.6 Å². The van der Waals surface area contributed by atoms with E-state index in [-0.39, 0.29) is 18.3 Å². The van der Waals surface area contributed by atoms with Gasteiger partial charge in [-0.15, -0.1) is 23.7 Å². The molecule has 0 atom stereocenters. The Morgan fingerprint density at radius 1 is 0.966 bits per heavy atom. The van der Waals surface area contributed by atoms with Crippen molar-refractivity contribution in [2.75, 3.05) is 32.1 Å². The van der Waals surface area contributed by atoms with E-state index in [0.717, 1.165) is 38.5 Å². The number of amides is 1. The molecule has 2 aromatic heterocycles. The summed E-state index contributed by atoms with van der Waals surface area (Å²) >= 11 is 3.01. The molecule has 8 heteroatoms. The maximum atomic E-state index is 13.3. The van der Waals surface area contributed by atoms with Crippen LogP contribution < -0.4 is 4.90 Å². The van der Waals surface area contributed by atoms with E-state index < -0.39 is 0 Å². The van der Waals surface area contributed by atoms with Gasteiger partial charge >= 0.3 is 0 Å². The molecule has 0 saturated heterocycles. The highest BCUT2D eigenvalue weighted by molar-refractivity contribution is 7.23. The van der Waals surface area contributed by atoms with Gasteiger partial charge in [0.2, 0.25) is 0 Å². The Morgan fingerprint density at radius 2 is 1.72 bits per heavy atom. The molecule has 0 N–H and O–H groups in total. The molecule has 29 heavy (non-hydrogen) atoms. The highest BCUT2D eigenvalue weighted by Crippen LogP contribution is 2.31. The smallest absolute Gasteiger partial charge is 0.289 e. The topological polar surface area (TPSA) is 49.3 Å². The van der Waals surface area contributed by atoms with Gasteiger partial charge in [0.15, 0.2) is 10.1 Å². The summed E-state index contributed by atoms with van der Waals surface area (Å²) in [5, 5.41) is 1.24. The molecule has 0 unspecified atom stereocenters. The standard InChI is InChI=1S/C21H22N4OS2.ClH/c1-4-14-9-10-16-18(13-14)28-21(23-16)25(12-11-24(2)3)20(26)19-22-15-7-5-6-8-17(15)27-19;/h5-10,13H,4,11-12H2,1-3H3;1H. The SMILES string of the molecule is CCc1ccc2nc(N(CCN(C)C)C(=O)c3nc4ccccc4s3)sc2c1.Cl. The van der Waals surface area contributed by atoms with Crippen LogP contribution in [0, 0.1) is 0 Å². The fraction of sp³-hybridized carbons (Fsp3) is 0.286. The van der Waals surface area contributed by atoms with Gasteiger partial charge in [0.05, 0.1) is 20.4 Å². The van der Waals surface area contributed by atoms with Gasteiger partial charge < -0.3 is 4.90 Å². The summed E-state index contributed by atoms with van der Waals surface area (Å²) in [7, 11) is 4.01. The van der Waals surface area contributed by atoms with Crippen LogP contribution in [-0.2, 0) is 6.42 Å². The van der Waals surface area contributed by atoms with Crippen LogP contribution in [0.5, 0.6) is 0 Å². The average Bonchev–Trinajstić information content (AvgIpc) is 3.31. The summed E-state index contributed by atoms with van der Waals surface area (Å²) in [4.78, 5) is 26.5. The van der Waals surface area contributed by atoms with Crippen LogP contribution in [0.3, 0.4) is 0 Å². The van der Waals surface area contributed by atoms with Crippen molar-refractivity contribution in [1.82, 2.24) is 14.9 Å². The van der Waals surface area contributed by atoms with Gasteiger partial charge in [-0.25, -0.2) is 9.97 Å². The number of halogens is 1. The lowest BCUT2D eigenvalue weighted by Crippen LogP contribution is -2.36. The molecule has 0 aliphatic carbocycles. The number of hydrogen-bond acceptors (Lipinski definition) is 6. The molecular weight excluding hydrogens is 424 g/mol. The first-order chi connectivity index (χ1) is 13.5. The molecule has 0 bridgehead atoms. The number of aromatic nitrogens is 2. The lowest BCUT2D eigenvalue weighted by Gasteiger charge is -2.20. The monoisotopic (exact) mass is 446 g/mol. The second kappa shape index (κ2) is 9.17. The fourth-order valence-electron chi connectivity index (χ4n) is 2.96. The van der Waals surface area contributed by atoms with E-state index in [1.807, 2.05) is 44.4 Å². The Kier molecular flexibility index (Phi) is 6.85. The zero-order valence-electron chi connectivity index (χ0n) is 16.6. The maximum absolute atomic E-state index is 13.3. The Morgan fingerprint density at radius 3 is 2.45 bits per heavy atom. The van der Waals surface area contributed by atoms with E-state index >= 15 is 0 Å². The molecule has 2 heterocycles. The third kappa shape index (κ3) is 4.59. The van der Waals surface area contributed by atoms with Crippen LogP contribution >= 0.6 is 35.1 Å². The first-order valence-corrected chi connectivity index (χ1v) is 10.9. The van der Waals surface area contributed by atoms with Crippen molar-refractivity contribution in [1.29, 1.82) is 0 Å². The molecular formula is C21H23ClN4OS2. The Balaban J connectivity index is 0.00000240. The lowest BCUT2D eigenvalue weighted by molar-refractivity contribution is 0.0985. The number of rotatable bonds is 6. The average molecular weight is 447 g/mol. The number of hydrogen-bond donors (Lipinski definition) is 0. The number of anilines is 1. The van der Waals surface area contributed by atoms with E-state index in [0.29, 0.717) is 11.6 Å². The van der Waals surface area contributed by atoms with Gasteiger partial charge in [0.1, 0.15) is 0 Å². The van der Waals surface area contributed by atoms with Crippen LogP contribution in [0.15, 0.2) is 42.5 Å².